The van der Waals surface area contributed by atoms with E-state index in [9.17, 15) is 19.8 Å². The van der Waals surface area contributed by atoms with E-state index in [-0.39, 0.29) is 0 Å². The second kappa shape index (κ2) is 40.0. The Bertz CT molecular complexity index is 951. The second-order valence-corrected chi connectivity index (χ2v) is 17.7. The second-order valence-electron chi connectivity index (χ2n) is 17.7. The number of benzene rings is 1. The molecule has 1 aromatic rings. The minimum atomic E-state index is -0.935. The molecule has 0 atom stereocenters. The van der Waals surface area contributed by atoms with E-state index < -0.39 is 11.9 Å². The van der Waals surface area contributed by atoms with E-state index in [0.717, 1.165) is 36.8 Å². The van der Waals surface area contributed by atoms with E-state index in [0.29, 0.717) is 24.0 Å². The van der Waals surface area contributed by atoms with Crippen LogP contribution < -0.4 is 0 Å². The fourth-order valence-electron chi connectivity index (χ4n) is 8.78. The van der Waals surface area contributed by atoms with Crippen molar-refractivity contribution in [1.29, 1.82) is 0 Å². The Hall–Kier alpha value is -1.84. The maximum atomic E-state index is 12.2. The summed E-state index contributed by atoms with van der Waals surface area (Å²) in [4.78, 5) is 24.3. The Morgan fingerprint density at radius 1 is 0.304 bits per heavy atom. The van der Waals surface area contributed by atoms with Crippen molar-refractivity contribution < 1.29 is 19.8 Å². The Kier molecular flexibility index (Phi) is 37.2. The van der Waals surface area contributed by atoms with Gasteiger partial charge >= 0.3 is 11.9 Å². The zero-order valence-electron chi connectivity index (χ0n) is 37.6. The molecule has 0 fully saturated rings. The highest BCUT2D eigenvalue weighted by Gasteiger charge is 2.20. The van der Waals surface area contributed by atoms with Crippen LogP contribution in [0.25, 0.3) is 0 Å². The number of carbonyl (C=O) groups is 2. The zero-order chi connectivity index (χ0) is 40.6. The van der Waals surface area contributed by atoms with Crippen LogP contribution in [-0.4, -0.2) is 22.2 Å². The van der Waals surface area contributed by atoms with Gasteiger partial charge in [0.15, 0.2) is 0 Å². The van der Waals surface area contributed by atoms with Gasteiger partial charge in [-0.15, -0.1) is 0 Å². The lowest BCUT2D eigenvalue weighted by Crippen LogP contribution is -2.12. The van der Waals surface area contributed by atoms with Crippen molar-refractivity contribution in [3.8, 4) is 0 Å². The van der Waals surface area contributed by atoms with E-state index in [1.54, 1.807) is 0 Å². The number of hydrogen-bond donors (Lipinski definition) is 2. The minimum Gasteiger partial charge on any atom is -0.478 e. The summed E-state index contributed by atoms with van der Waals surface area (Å²) in [5, 5.41) is 20.0. The quantitative estimate of drug-likeness (QED) is 0.0647. The lowest BCUT2D eigenvalue weighted by molar-refractivity contribution is 0.0679. The normalized spacial score (nSPS) is 11.5. The zero-order valence-corrected chi connectivity index (χ0v) is 37.6. The maximum absolute atomic E-state index is 12.2. The number of carboxylic acids is 2. The largest absolute Gasteiger partial charge is 0.478 e. The predicted molar refractivity (Wildman–Crippen MR) is 244 cm³/mol. The molecule has 0 aliphatic carbocycles. The third kappa shape index (κ3) is 30.3. The van der Waals surface area contributed by atoms with Crippen LogP contribution in [0.3, 0.4) is 0 Å². The van der Waals surface area contributed by atoms with Gasteiger partial charge in [-0.3, -0.25) is 0 Å². The summed E-state index contributed by atoms with van der Waals surface area (Å²) in [5.41, 5.74) is 2.15. The van der Waals surface area contributed by atoms with Crippen molar-refractivity contribution in [2.75, 3.05) is 0 Å². The SMILES string of the molecule is CCCCCCCCCCCCCCCCCCCCCCc1c(C(=O)O)ccc(C(=O)O)c1CCCCCCCCCCCCCCCCCCCCCC. The lowest BCUT2D eigenvalue weighted by atomic mass is 9.88. The van der Waals surface area contributed by atoms with Gasteiger partial charge in [-0.1, -0.05) is 258 Å². The molecular weight excluding hydrogens is 689 g/mol. The molecule has 0 saturated heterocycles. The average Bonchev–Trinajstić information content (AvgIpc) is 3.19. The van der Waals surface area contributed by atoms with Crippen molar-refractivity contribution in [2.45, 2.75) is 284 Å². The van der Waals surface area contributed by atoms with Gasteiger partial charge in [-0.05, 0) is 48.9 Å². The smallest absolute Gasteiger partial charge is 0.335 e. The topological polar surface area (TPSA) is 74.6 Å². The van der Waals surface area contributed by atoms with Gasteiger partial charge in [0.25, 0.3) is 0 Å². The van der Waals surface area contributed by atoms with Gasteiger partial charge in [-0.2, -0.15) is 0 Å². The summed E-state index contributed by atoms with van der Waals surface area (Å²) in [5.74, 6) is -1.87. The van der Waals surface area contributed by atoms with Crippen LogP contribution in [0, 0.1) is 0 Å². The van der Waals surface area contributed by atoms with Crippen molar-refractivity contribution in [2.24, 2.45) is 0 Å². The standard InChI is InChI=1S/C52H94O4/c1-3-5-7-9-11-13-15-17-19-21-23-25-27-29-31-33-35-37-39-41-43-47-48(50(52(55)56)46-45-49(47)51(53)54)44-42-40-38-36-34-32-30-28-26-24-22-20-18-16-14-12-10-8-6-4-2/h45-46H,3-44H2,1-2H3,(H,53,54)(H,55,56). The Morgan fingerprint density at radius 3 is 0.625 bits per heavy atom. The van der Waals surface area contributed by atoms with Gasteiger partial charge in [-0.25, -0.2) is 9.59 Å². The van der Waals surface area contributed by atoms with Crippen LogP contribution in [0.4, 0.5) is 0 Å². The molecule has 0 heterocycles. The molecule has 1 aromatic carbocycles. The predicted octanol–water partition coefficient (Wildman–Crippen LogP) is 17.8. The van der Waals surface area contributed by atoms with Crippen LogP contribution >= 0.6 is 0 Å². The molecule has 2 N–H and O–H groups in total. The number of unbranched alkanes of at least 4 members (excludes halogenated alkanes) is 38. The number of hydrogen-bond acceptors (Lipinski definition) is 2. The molecule has 1 rings (SSSR count). The highest BCUT2D eigenvalue weighted by Crippen LogP contribution is 2.26. The van der Waals surface area contributed by atoms with Crippen LogP contribution in [0.1, 0.15) is 303 Å². The molecule has 4 heteroatoms. The first-order chi connectivity index (χ1) is 27.5. The van der Waals surface area contributed by atoms with E-state index in [4.69, 9.17) is 0 Å². The van der Waals surface area contributed by atoms with Crippen molar-refractivity contribution in [3.05, 3.63) is 34.4 Å². The van der Waals surface area contributed by atoms with E-state index >= 15 is 0 Å². The summed E-state index contributed by atoms with van der Waals surface area (Å²) in [6.45, 7) is 4.57. The van der Waals surface area contributed by atoms with Gasteiger partial charge in [0, 0.05) is 0 Å². The van der Waals surface area contributed by atoms with Gasteiger partial charge in [0.2, 0.25) is 0 Å². The first kappa shape index (κ1) is 52.2. The first-order valence-corrected chi connectivity index (χ1v) is 25.1. The summed E-state index contributed by atoms with van der Waals surface area (Å²) < 4.78 is 0. The average molecular weight is 783 g/mol. The van der Waals surface area contributed by atoms with E-state index in [1.807, 2.05) is 0 Å². The molecule has 326 valence electrons. The molecule has 0 spiro atoms. The Labute approximate surface area is 348 Å². The fraction of sp³-hybridized carbons (Fsp3) is 0.846. The molecule has 56 heavy (non-hydrogen) atoms. The maximum Gasteiger partial charge on any atom is 0.335 e. The molecular formula is C52H94O4. The van der Waals surface area contributed by atoms with Gasteiger partial charge in [0.05, 0.1) is 11.1 Å². The summed E-state index contributed by atoms with van der Waals surface area (Å²) in [6, 6.07) is 3.05. The summed E-state index contributed by atoms with van der Waals surface area (Å²) >= 11 is 0. The minimum absolute atomic E-state index is 0.302. The lowest BCUT2D eigenvalue weighted by Gasteiger charge is -2.16. The first-order valence-electron chi connectivity index (χ1n) is 25.1. The Balaban J connectivity index is 2.16. The van der Waals surface area contributed by atoms with E-state index in [2.05, 4.69) is 13.8 Å². The van der Waals surface area contributed by atoms with Crippen molar-refractivity contribution in [3.63, 3.8) is 0 Å². The molecule has 0 unspecified atom stereocenters. The Morgan fingerprint density at radius 2 is 0.464 bits per heavy atom. The molecule has 0 radical (unpaired) electrons. The number of rotatable bonds is 44. The molecule has 0 aromatic heterocycles. The van der Waals surface area contributed by atoms with E-state index in [1.165, 1.54) is 243 Å². The van der Waals surface area contributed by atoms with Crippen LogP contribution in [-0.2, 0) is 12.8 Å². The molecule has 0 saturated carbocycles. The summed E-state index contributed by atoms with van der Waals surface area (Å²) in [7, 11) is 0. The highest BCUT2D eigenvalue weighted by molar-refractivity contribution is 5.95. The summed E-state index contributed by atoms with van der Waals surface area (Å²) in [6.07, 6.45) is 54.8. The highest BCUT2D eigenvalue weighted by atomic mass is 16.4. The molecule has 0 amide bonds. The van der Waals surface area contributed by atoms with Crippen LogP contribution in [0.15, 0.2) is 12.1 Å². The molecule has 4 nitrogen and oxygen atoms in total. The number of carboxylic acid groups (broad SMARTS) is 2. The molecule has 0 aliphatic heterocycles. The molecule has 0 aliphatic rings. The van der Waals surface area contributed by atoms with Crippen LogP contribution in [0.5, 0.6) is 0 Å². The van der Waals surface area contributed by atoms with Gasteiger partial charge < -0.3 is 10.2 Å². The van der Waals surface area contributed by atoms with Gasteiger partial charge in [0.1, 0.15) is 0 Å². The third-order valence-electron chi connectivity index (χ3n) is 12.5. The number of aromatic carboxylic acids is 2. The third-order valence-corrected chi connectivity index (χ3v) is 12.5. The molecule has 0 bridgehead atoms. The fourth-order valence-corrected chi connectivity index (χ4v) is 8.78. The van der Waals surface area contributed by atoms with Crippen molar-refractivity contribution >= 4 is 11.9 Å². The van der Waals surface area contributed by atoms with Crippen molar-refractivity contribution in [1.82, 2.24) is 0 Å². The monoisotopic (exact) mass is 783 g/mol. The van der Waals surface area contributed by atoms with Crippen LogP contribution in [0.2, 0.25) is 0 Å².